The van der Waals surface area contributed by atoms with Crippen LogP contribution in [0.1, 0.15) is 24.1 Å². The predicted molar refractivity (Wildman–Crippen MR) is 86.0 cm³/mol. The molecule has 0 saturated carbocycles. The first-order chi connectivity index (χ1) is 11.0. The van der Waals surface area contributed by atoms with Crippen LogP contribution in [-0.4, -0.2) is 24.0 Å². The molecule has 1 aromatic carbocycles. The van der Waals surface area contributed by atoms with Gasteiger partial charge in [0.2, 0.25) is 0 Å². The Morgan fingerprint density at radius 3 is 2.65 bits per heavy atom. The van der Waals surface area contributed by atoms with Crippen molar-refractivity contribution in [3.05, 3.63) is 58.0 Å². The Labute approximate surface area is 134 Å². The summed E-state index contributed by atoms with van der Waals surface area (Å²) in [6, 6.07) is 9.88. The third-order valence-corrected chi connectivity index (χ3v) is 4.92. The average molecular weight is 334 g/mol. The van der Waals surface area contributed by atoms with E-state index < -0.39 is 10.1 Å². The molecule has 0 saturated heterocycles. The number of nitrogens with zero attached hydrogens (tertiary/aromatic N) is 2. The minimum absolute atomic E-state index is 0.0126. The second-order valence-electron chi connectivity index (χ2n) is 5.54. The molecule has 122 valence electrons. The van der Waals surface area contributed by atoms with E-state index in [1.54, 1.807) is 36.4 Å². The van der Waals surface area contributed by atoms with E-state index >= 15 is 0 Å². The molecule has 0 atom stereocenters. The Balaban J connectivity index is 1.71. The molecule has 0 aliphatic heterocycles. The summed E-state index contributed by atoms with van der Waals surface area (Å²) in [6.45, 7) is -0.0126. The molecule has 0 radical (unpaired) electrons. The molecule has 0 spiro atoms. The zero-order valence-electron chi connectivity index (χ0n) is 12.6. The summed E-state index contributed by atoms with van der Waals surface area (Å²) < 4.78 is 30.2. The Kier molecular flexibility index (Phi) is 4.47. The molecular formula is C16H18N2O4S. The van der Waals surface area contributed by atoms with Crippen molar-refractivity contribution in [3.8, 4) is 5.75 Å². The molecule has 7 heteroatoms. The smallest absolute Gasteiger partial charge is 0.311 e. The van der Waals surface area contributed by atoms with Gasteiger partial charge in [0, 0.05) is 6.07 Å². The standard InChI is InChI=1S/C16H18N2O4S/c19-16-12-13-6-4-5-9-15(13)17-18(16)10-11-23(20,21)22-14-7-2-1-3-8-14/h1-3,7-8,12H,4-6,9-11H2. The van der Waals surface area contributed by atoms with E-state index in [-0.39, 0.29) is 23.6 Å². The molecule has 3 rings (SSSR count). The van der Waals surface area contributed by atoms with Crippen molar-refractivity contribution >= 4 is 10.1 Å². The monoisotopic (exact) mass is 334 g/mol. The number of para-hydroxylation sites is 1. The van der Waals surface area contributed by atoms with Crippen molar-refractivity contribution in [3.63, 3.8) is 0 Å². The molecule has 2 aromatic rings. The summed E-state index contributed by atoms with van der Waals surface area (Å²) in [5, 5.41) is 4.31. The molecule has 1 aliphatic rings. The number of hydrogen-bond acceptors (Lipinski definition) is 5. The third-order valence-electron chi connectivity index (χ3n) is 3.79. The van der Waals surface area contributed by atoms with Gasteiger partial charge in [-0.2, -0.15) is 13.5 Å². The summed E-state index contributed by atoms with van der Waals surface area (Å²) >= 11 is 0. The highest BCUT2D eigenvalue weighted by Crippen LogP contribution is 2.17. The van der Waals surface area contributed by atoms with Gasteiger partial charge in [0.15, 0.2) is 0 Å². The van der Waals surface area contributed by atoms with Crippen LogP contribution in [-0.2, 0) is 29.5 Å². The van der Waals surface area contributed by atoms with E-state index in [0.717, 1.165) is 36.9 Å². The SMILES string of the molecule is O=c1cc2c(nn1CCS(=O)(=O)Oc1ccccc1)CCCC2. The van der Waals surface area contributed by atoms with E-state index in [4.69, 9.17) is 4.18 Å². The zero-order valence-corrected chi connectivity index (χ0v) is 13.5. The van der Waals surface area contributed by atoms with Gasteiger partial charge in [0.1, 0.15) is 11.5 Å². The summed E-state index contributed by atoms with van der Waals surface area (Å²) in [5.74, 6) is -0.0358. The van der Waals surface area contributed by atoms with Crippen molar-refractivity contribution in [1.82, 2.24) is 9.78 Å². The van der Waals surface area contributed by atoms with Gasteiger partial charge in [0.05, 0.1) is 12.2 Å². The Morgan fingerprint density at radius 1 is 1.13 bits per heavy atom. The van der Waals surface area contributed by atoms with Crippen LogP contribution in [0.4, 0.5) is 0 Å². The highest BCUT2D eigenvalue weighted by atomic mass is 32.2. The van der Waals surface area contributed by atoms with Gasteiger partial charge < -0.3 is 4.18 Å². The largest absolute Gasteiger partial charge is 0.382 e. The summed E-state index contributed by atoms with van der Waals surface area (Å²) in [4.78, 5) is 12.0. The van der Waals surface area contributed by atoms with Gasteiger partial charge in [-0.3, -0.25) is 4.79 Å². The first kappa shape index (κ1) is 15.7. The molecule has 1 aromatic heterocycles. The fraction of sp³-hybridized carbons (Fsp3) is 0.375. The number of rotatable bonds is 5. The maximum Gasteiger partial charge on any atom is 0.311 e. The summed E-state index contributed by atoms with van der Waals surface area (Å²) in [7, 11) is -3.77. The second kappa shape index (κ2) is 6.54. The number of benzene rings is 1. The van der Waals surface area contributed by atoms with E-state index in [1.165, 1.54) is 4.68 Å². The van der Waals surface area contributed by atoms with E-state index in [1.807, 2.05) is 0 Å². The first-order valence-corrected chi connectivity index (χ1v) is 9.18. The van der Waals surface area contributed by atoms with Crippen LogP contribution in [0.15, 0.2) is 41.2 Å². The van der Waals surface area contributed by atoms with Crippen molar-refractivity contribution in [2.75, 3.05) is 5.75 Å². The molecule has 0 amide bonds. The maximum atomic E-state index is 12.0. The Hall–Kier alpha value is -2.15. The van der Waals surface area contributed by atoms with E-state index in [9.17, 15) is 13.2 Å². The highest BCUT2D eigenvalue weighted by molar-refractivity contribution is 7.87. The molecule has 1 aliphatic carbocycles. The summed E-state index contributed by atoms with van der Waals surface area (Å²) in [6.07, 6.45) is 3.82. The molecule has 6 nitrogen and oxygen atoms in total. The van der Waals surface area contributed by atoms with E-state index in [0.29, 0.717) is 0 Å². The van der Waals surface area contributed by atoms with Gasteiger partial charge in [-0.05, 0) is 43.4 Å². The van der Waals surface area contributed by atoms with Crippen LogP contribution in [0.5, 0.6) is 5.75 Å². The number of fused-ring (bicyclic) bond motifs is 1. The van der Waals surface area contributed by atoms with Gasteiger partial charge in [0.25, 0.3) is 5.56 Å². The van der Waals surface area contributed by atoms with Crippen molar-refractivity contribution in [1.29, 1.82) is 0 Å². The van der Waals surface area contributed by atoms with Crippen LogP contribution in [0.3, 0.4) is 0 Å². The van der Waals surface area contributed by atoms with Crippen molar-refractivity contribution < 1.29 is 12.6 Å². The topological polar surface area (TPSA) is 78.3 Å². The lowest BCUT2D eigenvalue weighted by atomic mass is 9.97. The fourth-order valence-electron chi connectivity index (χ4n) is 2.62. The molecule has 0 N–H and O–H groups in total. The lowest BCUT2D eigenvalue weighted by molar-refractivity contribution is 0.474. The predicted octanol–water partition coefficient (Wildman–Crippen LogP) is 1.53. The average Bonchev–Trinajstić information content (AvgIpc) is 2.53. The van der Waals surface area contributed by atoms with Gasteiger partial charge in [-0.25, -0.2) is 4.68 Å². The van der Waals surface area contributed by atoms with Crippen LogP contribution in [0.25, 0.3) is 0 Å². The molecular weight excluding hydrogens is 316 g/mol. The molecule has 0 unspecified atom stereocenters. The minimum Gasteiger partial charge on any atom is -0.382 e. The zero-order chi connectivity index (χ0) is 16.3. The number of aryl methyl sites for hydroxylation is 3. The Bertz CT molecular complexity index is 844. The van der Waals surface area contributed by atoms with Crippen LogP contribution < -0.4 is 9.74 Å². The normalized spacial score (nSPS) is 14.3. The van der Waals surface area contributed by atoms with Crippen molar-refractivity contribution in [2.45, 2.75) is 32.2 Å². The summed E-state index contributed by atoms with van der Waals surface area (Å²) in [5.41, 5.74) is 1.62. The lowest BCUT2D eigenvalue weighted by Gasteiger charge is -2.15. The quantitative estimate of drug-likeness (QED) is 0.775. The highest BCUT2D eigenvalue weighted by Gasteiger charge is 2.16. The number of aromatic nitrogens is 2. The lowest BCUT2D eigenvalue weighted by Crippen LogP contribution is -2.30. The molecule has 23 heavy (non-hydrogen) atoms. The van der Waals surface area contributed by atoms with Gasteiger partial charge >= 0.3 is 10.1 Å². The van der Waals surface area contributed by atoms with Crippen LogP contribution >= 0.6 is 0 Å². The third kappa shape index (κ3) is 3.98. The van der Waals surface area contributed by atoms with Gasteiger partial charge in [-0.15, -0.1) is 0 Å². The van der Waals surface area contributed by atoms with Gasteiger partial charge in [-0.1, -0.05) is 18.2 Å². The van der Waals surface area contributed by atoms with E-state index in [2.05, 4.69) is 5.10 Å². The van der Waals surface area contributed by atoms with Crippen LogP contribution in [0.2, 0.25) is 0 Å². The Morgan fingerprint density at radius 2 is 1.87 bits per heavy atom. The maximum absolute atomic E-state index is 12.0. The minimum atomic E-state index is -3.77. The first-order valence-electron chi connectivity index (χ1n) is 7.61. The molecule has 0 bridgehead atoms. The van der Waals surface area contributed by atoms with Crippen LogP contribution in [0, 0.1) is 0 Å². The fourth-order valence-corrected chi connectivity index (χ4v) is 3.51. The second-order valence-corrected chi connectivity index (χ2v) is 7.23. The molecule has 0 fully saturated rings. The van der Waals surface area contributed by atoms with Crippen molar-refractivity contribution in [2.24, 2.45) is 0 Å². The molecule has 1 heterocycles. The number of hydrogen-bond donors (Lipinski definition) is 0.